The van der Waals surface area contributed by atoms with Gasteiger partial charge in [-0.25, -0.2) is 4.99 Å². The van der Waals surface area contributed by atoms with E-state index < -0.39 is 6.04 Å². The van der Waals surface area contributed by atoms with Gasteiger partial charge in [0.2, 0.25) is 0 Å². The molecule has 4 aromatic carbocycles. The van der Waals surface area contributed by atoms with Crippen molar-refractivity contribution >= 4 is 74.7 Å². The fourth-order valence-electron chi connectivity index (χ4n) is 5.79. The zero-order chi connectivity index (χ0) is 31.9. The average molecular weight is 684 g/mol. The van der Waals surface area contributed by atoms with Crippen molar-refractivity contribution in [2.24, 2.45) is 4.99 Å². The van der Waals surface area contributed by atoms with E-state index in [1.807, 2.05) is 91.1 Å². The summed E-state index contributed by atoms with van der Waals surface area (Å²) in [5, 5.41) is 5.55. The van der Waals surface area contributed by atoms with Gasteiger partial charge in [0, 0.05) is 39.9 Å². The van der Waals surface area contributed by atoms with Crippen LogP contribution in [0.3, 0.4) is 0 Å². The highest BCUT2D eigenvalue weighted by Crippen LogP contribution is 2.32. The van der Waals surface area contributed by atoms with Crippen molar-refractivity contribution < 1.29 is 4.79 Å². The summed E-state index contributed by atoms with van der Waals surface area (Å²) in [6.45, 7) is 2.37. The molecule has 1 atom stereocenters. The molecule has 0 radical (unpaired) electrons. The maximum absolute atomic E-state index is 14.3. The van der Waals surface area contributed by atoms with Crippen LogP contribution in [-0.2, 0) is 11.3 Å². The highest BCUT2D eigenvalue weighted by atomic mass is 35.5. The molecule has 1 aliphatic heterocycles. The number of hydrogen-bond donors (Lipinski definition) is 1. The maximum Gasteiger partial charge on any atom is 0.271 e. The molecule has 1 amide bonds. The van der Waals surface area contributed by atoms with Gasteiger partial charge in [0.1, 0.15) is 0 Å². The summed E-state index contributed by atoms with van der Waals surface area (Å²) in [4.78, 5) is 33.4. The molecule has 0 unspecified atom stereocenters. The van der Waals surface area contributed by atoms with Gasteiger partial charge in [0.05, 0.1) is 31.9 Å². The summed E-state index contributed by atoms with van der Waals surface area (Å²) < 4.78 is 4.25. The number of nitrogens with one attached hydrogen (secondary N) is 1. The molecule has 0 spiro atoms. The summed E-state index contributed by atoms with van der Waals surface area (Å²) in [6.07, 6.45) is 3.94. The van der Waals surface area contributed by atoms with E-state index in [-0.39, 0.29) is 11.5 Å². The number of carbonyl (C=O) groups is 1. The van der Waals surface area contributed by atoms with E-state index in [0.717, 1.165) is 27.6 Å². The Morgan fingerprint density at radius 3 is 2.43 bits per heavy atom. The Hall–Kier alpha value is -4.40. The number of carbonyl (C=O) groups excluding carboxylic acids is 1. The number of benzene rings is 4. The van der Waals surface area contributed by atoms with Crippen molar-refractivity contribution in [1.29, 1.82) is 0 Å². The molecular weight excluding hydrogens is 659 g/mol. The van der Waals surface area contributed by atoms with Crippen molar-refractivity contribution in [3.63, 3.8) is 0 Å². The number of aromatic nitrogens is 2. The molecule has 10 heteroatoms. The molecule has 7 rings (SSSR count). The lowest BCUT2D eigenvalue weighted by molar-refractivity contribution is -0.113. The van der Waals surface area contributed by atoms with E-state index >= 15 is 0 Å². The first-order chi connectivity index (χ1) is 22.3. The molecule has 1 N–H and O–H groups in total. The number of para-hydroxylation sites is 2. The average Bonchev–Trinajstić information content (AvgIpc) is 3.55. The van der Waals surface area contributed by atoms with Gasteiger partial charge < -0.3 is 9.88 Å². The highest BCUT2D eigenvalue weighted by molar-refractivity contribution is 7.07. The Bertz CT molecular complexity index is 2360. The lowest BCUT2D eigenvalue weighted by Gasteiger charge is -2.25. The number of allylic oxidation sites excluding steroid dienone is 1. The third-order valence-corrected chi connectivity index (χ3v) is 9.90. The highest BCUT2D eigenvalue weighted by Gasteiger charge is 2.32. The number of hydrogen-bond acceptors (Lipinski definition) is 4. The van der Waals surface area contributed by atoms with Crippen molar-refractivity contribution in [2.45, 2.75) is 19.5 Å². The predicted molar refractivity (Wildman–Crippen MR) is 188 cm³/mol. The fraction of sp³-hybridized carbons (Fsp3) is 0.0833. The topological polar surface area (TPSA) is 68.4 Å². The van der Waals surface area contributed by atoms with Crippen LogP contribution in [0.25, 0.3) is 17.0 Å². The Morgan fingerprint density at radius 2 is 1.67 bits per heavy atom. The van der Waals surface area contributed by atoms with Crippen LogP contribution in [0.5, 0.6) is 0 Å². The van der Waals surface area contributed by atoms with Crippen LogP contribution in [0.1, 0.15) is 29.7 Å². The number of thiazole rings is 1. The van der Waals surface area contributed by atoms with Gasteiger partial charge >= 0.3 is 0 Å². The van der Waals surface area contributed by atoms with Crippen LogP contribution >= 0.6 is 46.1 Å². The molecule has 228 valence electrons. The third kappa shape index (κ3) is 5.72. The normalized spacial score (nSPS) is 14.8. The third-order valence-electron chi connectivity index (χ3n) is 7.93. The first kappa shape index (κ1) is 30.3. The van der Waals surface area contributed by atoms with Crippen LogP contribution < -0.4 is 20.2 Å². The zero-order valence-electron chi connectivity index (χ0n) is 24.4. The first-order valence-electron chi connectivity index (χ1n) is 14.4. The first-order valence-corrected chi connectivity index (χ1v) is 16.4. The lowest BCUT2D eigenvalue weighted by atomic mass is 9.95. The summed E-state index contributed by atoms with van der Waals surface area (Å²) in [6, 6.07) is 29.4. The van der Waals surface area contributed by atoms with Crippen LogP contribution in [0.2, 0.25) is 15.1 Å². The molecule has 0 bridgehead atoms. The molecule has 0 saturated heterocycles. The zero-order valence-corrected chi connectivity index (χ0v) is 27.5. The molecule has 46 heavy (non-hydrogen) atoms. The predicted octanol–water partition coefficient (Wildman–Crippen LogP) is 7.84. The van der Waals surface area contributed by atoms with Crippen LogP contribution in [0, 0.1) is 0 Å². The van der Waals surface area contributed by atoms with Crippen LogP contribution in [0.4, 0.5) is 5.69 Å². The molecule has 0 aliphatic carbocycles. The number of nitrogens with zero attached hydrogens (tertiary/aromatic N) is 3. The van der Waals surface area contributed by atoms with Gasteiger partial charge in [-0.05, 0) is 66.6 Å². The Balaban J connectivity index is 1.35. The summed E-state index contributed by atoms with van der Waals surface area (Å²) >= 11 is 20.0. The van der Waals surface area contributed by atoms with E-state index in [9.17, 15) is 9.59 Å². The Labute approximate surface area is 283 Å². The summed E-state index contributed by atoms with van der Waals surface area (Å²) in [5.74, 6) is -0.327. The van der Waals surface area contributed by atoms with Crippen molar-refractivity contribution in [1.82, 2.24) is 9.13 Å². The monoisotopic (exact) mass is 682 g/mol. The van der Waals surface area contributed by atoms with Crippen LogP contribution in [-0.4, -0.2) is 15.0 Å². The smallest absolute Gasteiger partial charge is 0.271 e. The van der Waals surface area contributed by atoms with E-state index in [2.05, 4.69) is 9.88 Å². The van der Waals surface area contributed by atoms with Gasteiger partial charge in [0.25, 0.3) is 11.5 Å². The second-order valence-electron chi connectivity index (χ2n) is 10.9. The van der Waals surface area contributed by atoms with Gasteiger partial charge in [-0.15, -0.1) is 0 Å². The molecule has 6 aromatic rings. The quantitative estimate of drug-likeness (QED) is 0.194. The molecule has 3 heterocycles. The van der Waals surface area contributed by atoms with Crippen molar-refractivity contribution in [2.75, 3.05) is 5.32 Å². The van der Waals surface area contributed by atoms with E-state index in [1.54, 1.807) is 29.7 Å². The van der Waals surface area contributed by atoms with E-state index in [0.29, 0.717) is 47.9 Å². The van der Waals surface area contributed by atoms with E-state index in [4.69, 9.17) is 39.8 Å². The maximum atomic E-state index is 14.3. The van der Waals surface area contributed by atoms with Gasteiger partial charge in [-0.1, -0.05) is 101 Å². The second-order valence-corrected chi connectivity index (χ2v) is 13.2. The summed E-state index contributed by atoms with van der Waals surface area (Å²) in [7, 11) is 0. The minimum atomic E-state index is -0.699. The molecule has 2 aromatic heterocycles. The van der Waals surface area contributed by atoms with Gasteiger partial charge in [-0.2, -0.15) is 0 Å². The molecule has 1 aliphatic rings. The minimum absolute atomic E-state index is 0.234. The molecule has 6 nitrogen and oxygen atoms in total. The van der Waals surface area contributed by atoms with Crippen molar-refractivity contribution in [3.8, 4) is 0 Å². The summed E-state index contributed by atoms with van der Waals surface area (Å²) in [5.41, 5.74) is 5.01. The lowest BCUT2D eigenvalue weighted by Crippen LogP contribution is -2.40. The van der Waals surface area contributed by atoms with Gasteiger partial charge in [0.15, 0.2) is 4.80 Å². The molecular formula is C36H25Cl3N4O2S. The molecule has 0 saturated carbocycles. The van der Waals surface area contributed by atoms with Crippen molar-refractivity contribution in [3.05, 3.63) is 166 Å². The second kappa shape index (κ2) is 12.4. The largest absolute Gasteiger partial charge is 0.342 e. The number of anilines is 1. The van der Waals surface area contributed by atoms with E-state index in [1.165, 1.54) is 11.3 Å². The minimum Gasteiger partial charge on any atom is -0.342 e. The number of amides is 1. The number of halogens is 3. The van der Waals surface area contributed by atoms with Crippen LogP contribution in [0.15, 0.2) is 124 Å². The number of rotatable bonds is 6. The fourth-order valence-corrected chi connectivity index (χ4v) is 7.27. The van der Waals surface area contributed by atoms with Gasteiger partial charge in [-0.3, -0.25) is 14.2 Å². The Morgan fingerprint density at radius 1 is 0.935 bits per heavy atom. The SMILES string of the molecule is CC1=C(C(=O)Nc2ccccc2)[C@@H](c2ccc(Cl)cc2)n2c(s/c(=C\c3cn(Cc4ccc(Cl)c(Cl)c4)c4ccccc34)c2=O)=N1. The number of fused-ring (bicyclic) bond motifs is 2. The Kier molecular flexibility index (Phi) is 8.17. The standard InChI is InChI=1S/C36H25Cl3N4O2S/c1-21-32(34(44)41-26-7-3-2-4-8-26)33(23-12-14-25(37)15-13-23)43-35(45)31(46-36(43)40-21)18-24-20-42(30-10-6-5-9-27(24)30)19-22-11-16-28(38)29(39)17-22/h2-18,20,33H,19H2,1H3,(H,41,44)/b31-18-/t33-/m1/s1. The molecule has 0 fully saturated rings.